The van der Waals surface area contributed by atoms with Gasteiger partial charge >= 0.3 is 0 Å². The molecule has 1 aliphatic rings. The van der Waals surface area contributed by atoms with E-state index in [0.29, 0.717) is 0 Å². The Hall–Kier alpha value is -2.40. The second-order valence-electron chi connectivity index (χ2n) is 5.14. The van der Waals surface area contributed by atoms with Crippen molar-refractivity contribution in [2.45, 2.75) is 13.3 Å². The van der Waals surface area contributed by atoms with Crippen LogP contribution in [0.4, 0.5) is 11.4 Å². The molecule has 0 atom stereocenters. The molecule has 0 aromatic heterocycles. The van der Waals surface area contributed by atoms with Crippen LogP contribution in [0.2, 0.25) is 0 Å². The number of hydrogen-bond donors (Lipinski definition) is 3. The van der Waals surface area contributed by atoms with Gasteiger partial charge in [0.15, 0.2) is 0 Å². The van der Waals surface area contributed by atoms with Crippen molar-refractivity contribution in [2.24, 2.45) is 4.99 Å². The van der Waals surface area contributed by atoms with Gasteiger partial charge in [0.1, 0.15) is 5.75 Å². The lowest BCUT2D eigenvalue weighted by molar-refractivity contribution is 0.475. The molecule has 23 heavy (non-hydrogen) atoms. The van der Waals surface area contributed by atoms with Gasteiger partial charge in [-0.1, -0.05) is 25.1 Å². The van der Waals surface area contributed by atoms with Gasteiger partial charge in [0.25, 0.3) is 0 Å². The Morgan fingerprint density at radius 1 is 1.17 bits per heavy atom. The molecule has 3 rings (SSSR count). The van der Waals surface area contributed by atoms with Crippen molar-refractivity contribution in [3.8, 4) is 5.75 Å². The summed E-state index contributed by atoms with van der Waals surface area (Å²) in [5.41, 5.74) is 6.40. The number of guanidine groups is 1. The van der Waals surface area contributed by atoms with Crippen molar-refractivity contribution >= 4 is 29.7 Å². The summed E-state index contributed by atoms with van der Waals surface area (Å²) in [4.78, 5) is 4.37. The summed E-state index contributed by atoms with van der Waals surface area (Å²) in [6, 6.07) is 15.5. The number of anilines is 2. The highest BCUT2D eigenvalue weighted by Crippen LogP contribution is 2.26. The Morgan fingerprint density at radius 2 is 1.96 bits per heavy atom. The minimum absolute atomic E-state index is 0. The molecule has 0 spiro atoms. The van der Waals surface area contributed by atoms with Crippen LogP contribution in [0.3, 0.4) is 0 Å². The maximum Gasteiger partial charge on any atom is 0.210 e. The second-order valence-corrected chi connectivity index (χ2v) is 5.14. The normalized spacial score (nSPS) is 12.8. The molecule has 0 bridgehead atoms. The van der Waals surface area contributed by atoms with Crippen LogP contribution < -0.4 is 15.8 Å². The van der Waals surface area contributed by atoms with E-state index in [1.165, 1.54) is 5.56 Å². The quantitative estimate of drug-likeness (QED) is 0.753. The number of aliphatic imine (C=N–C) groups is 1. The van der Waals surface area contributed by atoms with Crippen LogP contribution >= 0.6 is 12.4 Å². The average Bonchev–Trinajstić information content (AvgIpc) is 3.06. The van der Waals surface area contributed by atoms with Crippen molar-refractivity contribution in [3.05, 3.63) is 54.1 Å². The highest BCUT2D eigenvalue weighted by molar-refractivity contribution is 5.85. The van der Waals surface area contributed by atoms with Crippen molar-refractivity contribution in [1.82, 2.24) is 10.7 Å². The van der Waals surface area contributed by atoms with Gasteiger partial charge in [0.2, 0.25) is 5.96 Å². The summed E-state index contributed by atoms with van der Waals surface area (Å²) in [6.45, 7) is 3.74. The first-order valence-corrected chi connectivity index (χ1v) is 7.49. The average molecular weight is 333 g/mol. The number of nitrogens with one attached hydrogen (secondary N) is 2. The van der Waals surface area contributed by atoms with Crippen LogP contribution in [0, 0.1) is 0 Å². The van der Waals surface area contributed by atoms with Crippen LogP contribution in [0.1, 0.15) is 12.5 Å². The lowest BCUT2D eigenvalue weighted by atomic mass is 10.1. The molecule has 122 valence electrons. The van der Waals surface area contributed by atoms with Crippen LogP contribution in [0.25, 0.3) is 0 Å². The van der Waals surface area contributed by atoms with E-state index in [-0.39, 0.29) is 18.2 Å². The summed E-state index contributed by atoms with van der Waals surface area (Å²) in [7, 11) is 0. The maximum absolute atomic E-state index is 9.75. The zero-order chi connectivity index (χ0) is 15.4. The van der Waals surface area contributed by atoms with Crippen molar-refractivity contribution in [3.63, 3.8) is 0 Å². The Bertz CT molecular complexity index is 673. The Labute approximate surface area is 142 Å². The lowest BCUT2D eigenvalue weighted by Crippen LogP contribution is -2.44. The number of phenolic OH excluding ortho intramolecular Hbond substituents is 1. The Balaban J connectivity index is 0.00000192. The Morgan fingerprint density at radius 3 is 2.57 bits per heavy atom. The monoisotopic (exact) mass is 332 g/mol. The zero-order valence-electron chi connectivity index (χ0n) is 13.0. The first kappa shape index (κ1) is 17.0. The lowest BCUT2D eigenvalue weighted by Gasteiger charge is -2.26. The van der Waals surface area contributed by atoms with Crippen molar-refractivity contribution in [2.75, 3.05) is 18.1 Å². The molecular weight excluding hydrogens is 312 g/mol. The predicted octanol–water partition coefficient (Wildman–Crippen LogP) is 2.98. The van der Waals surface area contributed by atoms with Gasteiger partial charge in [-0.05, 0) is 36.2 Å². The van der Waals surface area contributed by atoms with E-state index in [4.69, 9.17) is 0 Å². The topological polar surface area (TPSA) is 59.9 Å². The molecule has 2 aromatic rings. The van der Waals surface area contributed by atoms with Gasteiger partial charge in [0, 0.05) is 12.6 Å². The van der Waals surface area contributed by atoms with Crippen molar-refractivity contribution in [1.29, 1.82) is 0 Å². The van der Waals surface area contributed by atoms with E-state index in [1.54, 1.807) is 12.1 Å². The largest absolute Gasteiger partial charge is 0.508 e. The molecule has 0 aliphatic carbocycles. The van der Waals surface area contributed by atoms with Crippen molar-refractivity contribution < 1.29 is 5.11 Å². The molecule has 2 aromatic carbocycles. The second kappa shape index (κ2) is 7.74. The van der Waals surface area contributed by atoms with Gasteiger partial charge in [-0.3, -0.25) is 15.4 Å². The fourth-order valence-corrected chi connectivity index (χ4v) is 2.37. The molecule has 1 heterocycles. The number of nitrogens with zero attached hydrogens (tertiary/aromatic N) is 2. The molecular formula is C17H21ClN4O. The maximum atomic E-state index is 9.75. The molecule has 3 N–H and O–H groups in total. The standard InChI is InChI=1S/C17H20N4O.ClH/c1-2-13-6-8-14(9-7-13)21(20-17-18-10-11-19-17)15-4-3-5-16(22)12-15;/h3-9,12,22H,2,10-11H2,1H3,(H2,18,19,20);1H. The molecule has 0 saturated heterocycles. The molecule has 6 heteroatoms. The summed E-state index contributed by atoms with van der Waals surface area (Å²) in [6.07, 6.45) is 1.01. The van der Waals surface area contributed by atoms with Crippen LogP contribution in [-0.2, 0) is 6.42 Å². The summed E-state index contributed by atoms with van der Waals surface area (Å²) in [5, 5.41) is 14.9. The third-order valence-electron chi connectivity index (χ3n) is 3.58. The highest BCUT2D eigenvalue weighted by Gasteiger charge is 2.14. The molecule has 0 radical (unpaired) electrons. The van der Waals surface area contributed by atoms with Crippen LogP contribution in [0.5, 0.6) is 5.75 Å². The molecule has 0 fully saturated rings. The minimum atomic E-state index is 0. The summed E-state index contributed by atoms with van der Waals surface area (Å²) < 4.78 is 0. The van der Waals surface area contributed by atoms with E-state index >= 15 is 0 Å². The van der Waals surface area contributed by atoms with Gasteiger partial charge < -0.3 is 10.4 Å². The third-order valence-corrected chi connectivity index (χ3v) is 3.58. The number of aryl methyl sites for hydroxylation is 1. The van der Waals surface area contributed by atoms with Gasteiger partial charge in [-0.2, -0.15) is 0 Å². The molecule has 0 amide bonds. The predicted molar refractivity (Wildman–Crippen MR) is 96.8 cm³/mol. The van der Waals surface area contributed by atoms with E-state index in [2.05, 4.69) is 46.9 Å². The number of hydrogen-bond acceptors (Lipinski definition) is 5. The number of benzene rings is 2. The highest BCUT2D eigenvalue weighted by atomic mass is 35.5. The number of hydrazine groups is 1. The molecule has 1 aliphatic heterocycles. The van der Waals surface area contributed by atoms with E-state index in [1.807, 2.05) is 17.1 Å². The fraction of sp³-hybridized carbons (Fsp3) is 0.235. The Kier molecular flexibility index (Phi) is 5.71. The van der Waals surface area contributed by atoms with Gasteiger partial charge in [-0.25, -0.2) is 0 Å². The van der Waals surface area contributed by atoms with Gasteiger partial charge in [0.05, 0.1) is 17.9 Å². The number of phenols is 1. The smallest absolute Gasteiger partial charge is 0.210 e. The number of halogens is 1. The fourth-order valence-electron chi connectivity index (χ4n) is 2.37. The van der Waals surface area contributed by atoms with Crippen LogP contribution in [-0.4, -0.2) is 24.2 Å². The van der Waals surface area contributed by atoms with E-state index in [0.717, 1.165) is 36.8 Å². The number of rotatable bonds is 4. The molecule has 0 saturated carbocycles. The summed E-state index contributed by atoms with van der Waals surface area (Å²) in [5.74, 6) is 0.971. The molecule has 0 unspecified atom stereocenters. The third kappa shape index (κ3) is 4.07. The summed E-state index contributed by atoms with van der Waals surface area (Å²) >= 11 is 0. The van der Waals surface area contributed by atoms with Gasteiger partial charge in [-0.15, -0.1) is 12.4 Å². The first-order valence-electron chi connectivity index (χ1n) is 7.49. The minimum Gasteiger partial charge on any atom is -0.508 e. The molecule has 5 nitrogen and oxygen atoms in total. The SMILES string of the molecule is CCc1ccc(N(NC2=NCCN2)c2cccc(O)c2)cc1.Cl. The van der Waals surface area contributed by atoms with E-state index in [9.17, 15) is 5.11 Å². The van der Waals surface area contributed by atoms with E-state index < -0.39 is 0 Å². The number of aromatic hydroxyl groups is 1. The zero-order valence-corrected chi connectivity index (χ0v) is 13.8. The first-order chi connectivity index (χ1) is 10.8. The van der Waals surface area contributed by atoms with Crippen LogP contribution in [0.15, 0.2) is 53.5 Å².